The van der Waals surface area contributed by atoms with Crippen molar-refractivity contribution in [3.8, 4) is 11.5 Å². The first-order valence-corrected chi connectivity index (χ1v) is 7.84. The lowest BCUT2D eigenvalue weighted by atomic mass is 10.1. The van der Waals surface area contributed by atoms with Gasteiger partial charge in [0, 0.05) is 18.0 Å². The molecular formula is C16H19NO3S. The van der Waals surface area contributed by atoms with E-state index in [2.05, 4.69) is 0 Å². The Morgan fingerprint density at radius 1 is 1.19 bits per heavy atom. The summed E-state index contributed by atoms with van der Waals surface area (Å²) in [7, 11) is 0. The van der Waals surface area contributed by atoms with E-state index in [1.807, 2.05) is 24.4 Å². The van der Waals surface area contributed by atoms with Crippen molar-refractivity contribution in [2.45, 2.75) is 19.8 Å². The molecule has 0 fully saturated rings. The Morgan fingerprint density at radius 2 is 2.00 bits per heavy atom. The van der Waals surface area contributed by atoms with Crippen LogP contribution < -0.4 is 0 Å². The summed E-state index contributed by atoms with van der Waals surface area (Å²) in [4.78, 5) is 15.5. The number of thiophene rings is 1. The Kier molecular flexibility index (Phi) is 5.22. The topological polar surface area (TPSA) is 60.8 Å². The van der Waals surface area contributed by atoms with Crippen LogP contribution in [0.3, 0.4) is 0 Å². The van der Waals surface area contributed by atoms with Crippen molar-refractivity contribution in [1.29, 1.82) is 0 Å². The minimum atomic E-state index is -0.347. The summed E-state index contributed by atoms with van der Waals surface area (Å²) in [6.45, 7) is 3.23. The van der Waals surface area contributed by atoms with Crippen molar-refractivity contribution in [2.24, 2.45) is 0 Å². The Labute approximate surface area is 128 Å². The number of hydrogen-bond acceptors (Lipinski definition) is 4. The van der Waals surface area contributed by atoms with Gasteiger partial charge in [0.05, 0.1) is 5.56 Å². The van der Waals surface area contributed by atoms with Crippen LogP contribution >= 0.6 is 11.3 Å². The fourth-order valence-electron chi connectivity index (χ4n) is 2.16. The van der Waals surface area contributed by atoms with Crippen LogP contribution in [0, 0.1) is 0 Å². The number of amides is 1. The smallest absolute Gasteiger partial charge is 0.257 e. The van der Waals surface area contributed by atoms with Crippen molar-refractivity contribution in [2.75, 3.05) is 13.1 Å². The molecule has 21 heavy (non-hydrogen) atoms. The van der Waals surface area contributed by atoms with E-state index in [-0.39, 0.29) is 23.0 Å². The molecule has 1 heterocycles. The van der Waals surface area contributed by atoms with Crippen LogP contribution in [0.15, 0.2) is 35.7 Å². The van der Waals surface area contributed by atoms with Gasteiger partial charge in [0.25, 0.3) is 5.91 Å². The van der Waals surface area contributed by atoms with Crippen LogP contribution in [0.1, 0.15) is 28.6 Å². The summed E-state index contributed by atoms with van der Waals surface area (Å²) in [5.41, 5.74) is 0.148. The van der Waals surface area contributed by atoms with E-state index in [0.29, 0.717) is 13.1 Å². The van der Waals surface area contributed by atoms with Gasteiger partial charge >= 0.3 is 0 Å². The quantitative estimate of drug-likeness (QED) is 0.805. The molecule has 112 valence electrons. The summed E-state index contributed by atoms with van der Waals surface area (Å²) in [6.07, 6.45) is 1.64. The second kappa shape index (κ2) is 7.13. The predicted octanol–water partition coefficient (Wildman–Crippen LogP) is 3.25. The summed E-state index contributed by atoms with van der Waals surface area (Å²) in [5, 5.41) is 21.4. The summed E-state index contributed by atoms with van der Waals surface area (Å²) >= 11 is 1.67. The lowest BCUT2D eigenvalue weighted by molar-refractivity contribution is 0.0754. The number of phenolic OH excluding ortho intramolecular Hbond substituents is 2. The fourth-order valence-corrected chi connectivity index (χ4v) is 2.86. The molecule has 0 aliphatic heterocycles. The number of rotatable bonds is 6. The van der Waals surface area contributed by atoms with Crippen molar-refractivity contribution in [1.82, 2.24) is 4.90 Å². The van der Waals surface area contributed by atoms with Crippen LogP contribution in [0.25, 0.3) is 0 Å². The van der Waals surface area contributed by atoms with Gasteiger partial charge in [-0.15, -0.1) is 11.3 Å². The van der Waals surface area contributed by atoms with Gasteiger partial charge in [-0.1, -0.05) is 19.1 Å². The molecular weight excluding hydrogens is 286 g/mol. The van der Waals surface area contributed by atoms with Crippen LogP contribution in [0.4, 0.5) is 0 Å². The number of hydrogen-bond donors (Lipinski definition) is 2. The van der Waals surface area contributed by atoms with E-state index in [1.54, 1.807) is 22.3 Å². The third-order valence-corrected chi connectivity index (χ3v) is 4.17. The average Bonchev–Trinajstić information content (AvgIpc) is 2.99. The molecule has 2 rings (SSSR count). The van der Waals surface area contributed by atoms with Crippen LogP contribution in [0.5, 0.6) is 11.5 Å². The van der Waals surface area contributed by atoms with Gasteiger partial charge in [-0.2, -0.15) is 0 Å². The number of nitrogens with zero attached hydrogens (tertiary/aromatic N) is 1. The van der Waals surface area contributed by atoms with E-state index >= 15 is 0 Å². The van der Waals surface area contributed by atoms with Crippen molar-refractivity contribution in [3.63, 3.8) is 0 Å². The summed E-state index contributed by atoms with van der Waals surface area (Å²) < 4.78 is 0. The van der Waals surface area contributed by atoms with E-state index in [4.69, 9.17) is 0 Å². The first kappa shape index (κ1) is 15.4. The lowest BCUT2D eigenvalue weighted by Gasteiger charge is -2.22. The minimum Gasteiger partial charge on any atom is -0.504 e. The van der Waals surface area contributed by atoms with Crippen LogP contribution in [-0.2, 0) is 6.42 Å². The molecule has 0 spiro atoms. The summed E-state index contributed by atoms with van der Waals surface area (Å²) in [5.74, 6) is -0.864. The number of carbonyl (C=O) groups is 1. The first-order valence-electron chi connectivity index (χ1n) is 6.96. The standard InChI is InChI=1S/C16H19NO3S/c1-2-9-17(10-8-12-5-4-11-21-12)16(20)13-6-3-7-14(18)15(13)19/h3-7,11,18-19H,2,8-10H2,1H3. The zero-order valence-electron chi connectivity index (χ0n) is 12.0. The highest BCUT2D eigenvalue weighted by molar-refractivity contribution is 7.09. The van der Waals surface area contributed by atoms with Crippen molar-refractivity contribution in [3.05, 3.63) is 46.2 Å². The summed E-state index contributed by atoms with van der Waals surface area (Å²) in [6, 6.07) is 8.50. The molecule has 0 saturated heterocycles. The Balaban J connectivity index is 2.13. The molecule has 0 saturated carbocycles. The monoisotopic (exact) mass is 305 g/mol. The number of phenols is 2. The van der Waals surface area contributed by atoms with Crippen molar-refractivity contribution >= 4 is 17.2 Å². The SMILES string of the molecule is CCCN(CCc1cccs1)C(=O)c1cccc(O)c1O. The molecule has 2 aromatic rings. The second-order valence-electron chi connectivity index (χ2n) is 4.79. The molecule has 4 nitrogen and oxygen atoms in total. The highest BCUT2D eigenvalue weighted by Gasteiger charge is 2.20. The van der Waals surface area contributed by atoms with Gasteiger partial charge in [-0.3, -0.25) is 4.79 Å². The van der Waals surface area contributed by atoms with Crippen LogP contribution in [-0.4, -0.2) is 34.1 Å². The Hall–Kier alpha value is -2.01. The Bertz CT molecular complexity index is 596. The van der Waals surface area contributed by atoms with Gasteiger partial charge in [-0.05, 0) is 36.4 Å². The zero-order chi connectivity index (χ0) is 15.2. The second-order valence-corrected chi connectivity index (χ2v) is 5.83. The third kappa shape index (κ3) is 3.76. The number of aromatic hydroxyl groups is 2. The maximum atomic E-state index is 12.5. The Morgan fingerprint density at radius 3 is 2.67 bits per heavy atom. The lowest BCUT2D eigenvalue weighted by Crippen LogP contribution is -2.33. The molecule has 0 aliphatic rings. The van der Waals surface area contributed by atoms with Gasteiger partial charge in [-0.25, -0.2) is 0 Å². The normalized spacial score (nSPS) is 10.5. The molecule has 0 bridgehead atoms. The van der Waals surface area contributed by atoms with Gasteiger partial charge in [0.15, 0.2) is 11.5 Å². The molecule has 2 N–H and O–H groups in total. The number of carbonyl (C=O) groups excluding carboxylic acids is 1. The van der Waals surface area contributed by atoms with E-state index in [0.717, 1.165) is 12.8 Å². The first-order chi connectivity index (χ1) is 10.1. The largest absolute Gasteiger partial charge is 0.504 e. The molecule has 0 radical (unpaired) electrons. The van der Waals surface area contributed by atoms with Gasteiger partial charge < -0.3 is 15.1 Å². The molecule has 0 aliphatic carbocycles. The van der Waals surface area contributed by atoms with Crippen molar-refractivity contribution < 1.29 is 15.0 Å². The average molecular weight is 305 g/mol. The molecule has 0 atom stereocenters. The van der Waals surface area contributed by atoms with Gasteiger partial charge in [0.2, 0.25) is 0 Å². The maximum absolute atomic E-state index is 12.5. The number of benzene rings is 1. The maximum Gasteiger partial charge on any atom is 0.257 e. The minimum absolute atomic E-state index is 0.148. The van der Waals surface area contributed by atoms with E-state index < -0.39 is 0 Å². The predicted molar refractivity (Wildman–Crippen MR) is 84.0 cm³/mol. The van der Waals surface area contributed by atoms with E-state index in [1.165, 1.54) is 17.0 Å². The van der Waals surface area contributed by atoms with Crippen LogP contribution in [0.2, 0.25) is 0 Å². The number of para-hydroxylation sites is 1. The highest BCUT2D eigenvalue weighted by Crippen LogP contribution is 2.29. The molecule has 1 amide bonds. The third-order valence-electron chi connectivity index (χ3n) is 3.23. The molecule has 5 heteroatoms. The zero-order valence-corrected chi connectivity index (χ0v) is 12.8. The molecule has 0 unspecified atom stereocenters. The van der Waals surface area contributed by atoms with E-state index in [9.17, 15) is 15.0 Å². The molecule has 1 aromatic heterocycles. The fraction of sp³-hybridized carbons (Fsp3) is 0.312. The van der Waals surface area contributed by atoms with Gasteiger partial charge in [0.1, 0.15) is 0 Å². The highest BCUT2D eigenvalue weighted by atomic mass is 32.1. The molecule has 1 aromatic carbocycles.